The van der Waals surface area contributed by atoms with Crippen molar-refractivity contribution < 1.29 is 33.3 Å². The minimum Gasteiger partial charge on any atom is -0.463 e. The zero-order valence-corrected chi connectivity index (χ0v) is 12.9. The van der Waals surface area contributed by atoms with Crippen molar-refractivity contribution in [1.29, 1.82) is 0 Å². The first-order valence-electron chi connectivity index (χ1n) is 6.36. The van der Waals surface area contributed by atoms with Crippen LogP contribution in [0, 0.1) is 4.91 Å². The van der Waals surface area contributed by atoms with Crippen molar-refractivity contribution in [1.82, 2.24) is 0 Å². The number of rotatable bonds is 5. The topological polar surface area (TPSA) is 118 Å². The highest BCUT2D eigenvalue weighted by molar-refractivity contribution is 6.20. The average molecular weight is 338 g/mol. The van der Waals surface area contributed by atoms with Crippen molar-refractivity contribution in [3.05, 3.63) is 4.91 Å². The molecule has 1 heterocycles. The Morgan fingerprint density at radius 1 is 1.05 bits per heavy atom. The van der Waals surface area contributed by atoms with Gasteiger partial charge in [0.15, 0.2) is 23.8 Å². The zero-order chi connectivity index (χ0) is 16.9. The van der Waals surface area contributed by atoms with Gasteiger partial charge in [-0.1, -0.05) is 16.8 Å². The Bertz CT molecular complexity index is 456. The average Bonchev–Trinajstić information content (AvgIpc) is 2.39. The first-order valence-corrected chi connectivity index (χ1v) is 6.79. The third-order valence-corrected chi connectivity index (χ3v) is 3.14. The summed E-state index contributed by atoms with van der Waals surface area (Å²) in [7, 11) is 0. The van der Waals surface area contributed by atoms with Gasteiger partial charge in [0, 0.05) is 20.8 Å². The van der Waals surface area contributed by atoms with Crippen LogP contribution in [0.2, 0.25) is 0 Å². The van der Waals surface area contributed by atoms with Crippen LogP contribution < -0.4 is 0 Å². The minimum absolute atomic E-state index is 0.292. The number of ether oxygens (including phenoxy) is 4. The number of hydrogen-bond acceptors (Lipinski definition) is 9. The maximum atomic E-state index is 11.2. The molecule has 10 heteroatoms. The van der Waals surface area contributed by atoms with Crippen LogP contribution in [0.4, 0.5) is 0 Å². The van der Waals surface area contributed by atoms with Gasteiger partial charge in [-0.15, -0.1) is 0 Å². The lowest BCUT2D eigenvalue weighted by atomic mass is 9.98. The Morgan fingerprint density at radius 3 is 2.05 bits per heavy atom. The fourth-order valence-corrected chi connectivity index (χ4v) is 2.31. The Labute approximate surface area is 131 Å². The summed E-state index contributed by atoms with van der Waals surface area (Å²) < 4.78 is 20.1. The molecule has 0 radical (unpaired) electrons. The molecule has 1 fully saturated rings. The van der Waals surface area contributed by atoms with Gasteiger partial charge in [-0.3, -0.25) is 14.4 Å². The molecule has 22 heavy (non-hydrogen) atoms. The van der Waals surface area contributed by atoms with Crippen molar-refractivity contribution in [3.8, 4) is 0 Å². The normalized spacial score (nSPS) is 31.0. The number of nitroso groups, excluding NO2 is 1. The van der Waals surface area contributed by atoms with E-state index in [0.717, 1.165) is 13.8 Å². The summed E-state index contributed by atoms with van der Waals surface area (Å²) in [6, 6.07) is -1.27. The number of alkyl halides is 1. The highest BCUT2D eigenvalue weighted by Crippen LogP contribution is 2.30. The van der Waals surface area contributed by atoms with Gasteiger partial charge in [0.05, 0.1) is 0 Å². The lowest BCUT2D eigenvalue weighted by Crippen LogP contribution is -2.59. The fraction of sp³-hybridized carbons (Fsp3) is 0.750. The van der Waals surface area contributed by atoms with E-state index in [0.29, 0.717) is 0 Å². The summed E-state index contributed by atoms with van der Waals surface area (Å²) in [5.74, 6) is -2.00. The second-order valence-corrected chi connectivity index (χ2v) is 5.00. The second kappa shape index (κ2) is 8.04. The maximum Gasteiger partial charge on any atom is 0.303 e. The second-order valence-electron chi connectivity index (χ2n) is 4.57. The van der Waals surface area contributed by atoms with E-state index in [9.17, 15) is 19.3 Å². The molecule has 0 aromatic heterocycles. The molecule has 124 valence electrons. The number of carbonyl (C=O) groups is 3. The summed E-state index contributed by atoms with van der Waals surface area (Å²) in [6.07, 6.45) is -3.42. The highest BCUT2D eigenvalue weighted by atomic mass is 35.5. The molecule has 0 aromatic rings. The maximum absolute atomic E-state index is 11.2. The van der Waals surface area contributed by atoms with Crippen LogP contribution in [-0.4, -0.2) is 54.4 Å². The molecule has 0 amide bonds. The molecule has 5 atom stereocenters. The highest BCUT2D eigenvalue weighted by Gasteiger charge is 2.50. The Balaban J connectivity index is 3.04. The minimum atomic E-state index is -1.27. The van der Waals surface area contributed by atoms with E-state index in [1.54, 1.807) is 0 Å². The third-order valence-electron chi connectivity index (χ3n) is 2.78. The lowest BCUT2D eigenvalue weighted by molar-refractivity contribution is -0.209. The standard InChI is InChI=1S/C12H16ClNO8/c1-5(15)19-4-8-10(20-6(2)16)11(21-7(3)17)9(14-18)12(13)22-8/h8-12H,4H2,1-3H3/t8-,9+,10-,11-,12-/m1/s1. The SMILES string of the molecule is CC(=O)OC[C@H]1O[C@@H](Cl)[C@@H](N=O)[C@@H](OC(C)=O)[C@@H]1OC(C)=O. The number of carbonyl (C=O) groups excluding carboxylic acids is 3. The Hall–Kier alpha value is -1.74. The van der Waals surface area contributed by atoms with Crippen LogP contribution in [0.1, 0.15) is 20.8 Å². The number of halogens is 1. The van der Waals surface area contributed by atoms with E-state index >= 15 is 0 Å². The van der Waals surface area contributed by atoms with Crippen LogP contribution in [0.3, 0.4) is 0 Å². The summed E-state index contributed by atoms with van der Waals surface area (Å²) in [6.45, 7) is 3.14. The summed E-state index contributed by atoms with van der Waals surface area (Å²) >= 11 is 5.88. The third kappa shape index (κ3) is 4.92. The van der Waals surface area contributed by atoms with Gasteiger partial charge in [-0.2, -0.15) is 4.91 Å². The number of esters is 3. The molecule has 1 aliphatic heterocycles. The summed E-state index contributed by atoms with van der Waals surface area (Å²) in [5.41, 5.74) is -1.23. The molecule has 0 aromatic carbocycles. The molecule has 0 aliphatic carbocycles. The van der Waals surface area contributed by atoms with Gasteiger partial charge >= 0.3 is 17.9 Å². The summed E-state index contributed by atoms with van der Waals surface area (Å²) in [5, 5.41) is 2.77. The van der Waals surface area contributed by atoms with Crippen molar-refractivity contribution in [2.75, 3.05) is 6.61 Å². The molecule has 1 aliphatic rings. The summed E-state index contributed by atoms with van der Waals surface area (Å²) in [4.78, 5) is 44.3. The number of hydrogen-bond donors (Lipinski definition) is 0. The first-order chi connectivity index (χ1) is 10.3. The molecule has 1 rings (SSSR count). The van der Waals surface area contributed by atoms with Gasteiger partial charge in [0.25, 0.3) is 0 Å². The Morgan fingerprint density at radius 2 is 1.59 bits per heavy atom. The van der Waals surface area contributed by atoms with Crippen LogP contribution in [0.25, 0.3) is 0 Å². The van der Waals surface area contributed by atoms with Crippen LogP contribution in [0.5, 0.6) is 0 Å². The van der Waals surface area contributed by atoms with E-state index < -0.39 is 47.8 Å². The van der Waals surface area contributed by atoms with Crippen molar-refractivity contribution in [2.45, 2.75) is 50.7 Å². The molecule has 9 nitrogen and oxygen atoms in total. The monoisotopic (exact) mass is 337 g/mol. The zero-order valence-electron chi connectivity index (χ0n) is 12.2. The van der Waals surface area contributed by atoms with E-state index in [2.05, 4.69) is 5.18 Å². The van der Waals surface area contributed by atoms with Gasteiger partial charge in [0.1, 0.15) is 12.7 Å². The fourth-order valence-electron chi connectivity index (χ4n) is 1.98. The van der Waals surface area contributed by atoms with Crippen LogP contribution in [0.15, 0.2) is 5.18 Å². The van der Waals surface area contributed by atoms with Crippen molar-refractivity contribution in [3.63, 3.8) is 0 Å². The van der Waals surface area contributed by atoms with Crippen LogP contribution >= 0.6 is 11.6 Å². The molecule has 0 unspecified atom stereocenters. The van der Waals surface area contributed by atoms with Crippen molar-refractivity contribution in [2.24, 2.45) is 5.18 Å². The van der Waals surface area contributed by atoms with Crippen molar-refractivity contribution >= 4 is 29.5 Å². The molecule has 0 saturated carbocycles. The van der Waals surface area contributed by atoms with Gasteiger partial charge < -0.3 is 18.9 Å². The number of nitrogens with zero attached hydrogens (tertiary/aromatic N) is 1. The largest absolute Gasteiger partial charge is 0.463 e. The van der Waals surface area contributed by atoms with E-state index in [4.69, 9.17) is 30.5 Å². The van der Waals surface area contributed by atoms with Gasteiger partial charge in [-0.25, -0.2) is 0 Å². The predicted octanol–water partition coefficient (Wildman–Crippen LogP) is 0.512. The quantitative estimate of drug-likeness (QED) is 0.308. The van der Waals surface area contributed by atoms with E-state index in [1.807, 2.05) is 0 Å². The van der Waals surface area contributed by atoms with E-state index in [-0.39, 0.29) is 6.61 Å². The van der Waals surface area contributed by atoms with Crippen LogP contribution in [-0.2, 0) is 33.3 Å². The molecule has 1 saturated heterocycles. The van der Waals surface area contributed by atoms with E-state index in [1.165, 1.54) is 6.92 Å². The van der Waals surface area contributed by atoms with Gasteiger partial charge in [-0.05, 0) is 0 Å². The molecule has 0 N–H and O–H groups in total. The molecule has 0 spiro atoms. The molecule has 0 bridgehead atoms. The molecular formula is C12H16ClNO8. The smallest absolute Gasteiger partial charge is 0.303 e. The predicted molar refractivity (Wildman–Crippen MR) is 71.8 cm³/mol. The lowest BCUT2D eigenvalue weighted by Gasteiger charge is -2.40. The molecular weight excluding hydrogens is 322 g/mol. The Kier molecular flexibility index (Phi) is 6.69. The first kappa shape index (κ1) is 18.3. The van der Waals surface area contributed by atoms with Gasteiger partial charge in [0.2, 0.25) is 0 Å².